The van der Waals surface area contributed by atoms with Crippen LogP contribution in [0, 0.1) is 11.3 Å². The second-order valence-electron chi connectivity index (χ2n) is 7.64. The van der Waals surface area contributed by atoms with E-state index in [1.807, 2.05) is 0 Å². The highest BCUT2D eigenvalue weighted by Crippen LogP contribution is 2.37. The van der Waals surface area contributed by atoms with Crippen LogP contribution in [0.15, 0.2) is 4.99 Å². The number of piperidine rings is 1. The number of hydrogen-bond acceptors (Lipinski definition) is 4. The van der Waals surface area contributed by atoms with E-state index < -0.39 is 9.84 Å². The third-order valence-electron chi connectivity index (χ3n) is 5.53. The maximum Gasteiger partial charge on any atom is 0.193 e. The molecule has 3 aliphatic heterocycles. The molecule has 3 aliphatic rings. The van der Waals surface area contributed by atoms with Crippen LogP contribution in [0.5, 0.6) is 0 Å². The number of nitrogens with one attached hydrogen (secondary N) is 1. The van der Waals surface area contributed by atoms with E-state index in [1.165, 1.54) is 19.3 Å². The van der Waals surface area contributed by atoms with E-state index in [-0.39, 0.29) is 35.3 Å². The fraction of sp³-hybridized carbons (Fsp3) is 0.941. The normalized spacial score (nSPS) is 32.4. The van der Waals surface area contributed by atoms with Crippen LogP contribution in [0.25, 0.3) is 0 Å². The molecule has 0 aromatic carbocycles. The first-order valence-electron chi connectivity index (χ1n) is 9.33. The predicted molar refractivity (Wildman–Crippen MR) is 111 cm³/mol. The molecule has 0 aliphatic carbocycles. The van der Waals surface area contributed by atoms with E-state index in [2.05, 4.69) is 17.1 Å². The van der Waals surface area contributed by atoms with E-state index >= 15 is 0 Å². The summed E-state index contributed by atoms with van der Waals surface area (Å²) in [6, 6.07) is 0. The zero-order valence-corrected chi connectivity index (χ0v) is 18.4. The van der Waals surface area contributed by atoms with Crippen LogP contribution in [0.3, 0.4) is 0 Å². The first kappa shape index (κ1) is 21.2. The Morgan fingerprint density at radius 1 is 1.36 bits per heavy atom. The smallest absolute Gasteiger partial charge is 0.193 e. The average molecular weight is 485 g/mol. The predicted octanol–water partition coefficient (Wildman–Crippen LogP) is 1.90. The molecular formula is C17H32IN3O3S. The van der Waals surface area contributed by atoms with Gasteiger partial charge < -0.3 is 15.0 Å². The molecule has 0 aromatic heterocycles. The summed E-state index contributed by atoms with van der Waals surface area (Å²) >= 11 is 0. The Bertz CT molecular complexity index is 556. The van der Waals surface area contributed by atoms with Gasteiger partial charge in [-0.15, -0.1) is 24.0 Å². The van der Waals surface area contributed by atoms with E-state index in [4.69, 9.17) is 9.73 Å². The molecule has 2 unspecified atom stereocenters. The molecule has 0 amide bonds. The summed E-state index contributed by atoms with van der Waals surface area (Å²) in [5.74, 6) is 1.76. The highest BCUT2D eigenvalue weighted by atomic mass is 127. The van der Waals surface area contributed by atoms with Crippen molar-refractivity contribution in [3.05, 3.63) is 0 Å². The Morgan fingerprint density at radius 3 is 2.80 bits per heavy atom. The molecule has 3 saturated heterocycles. The second kappa shape index (κ2) is 9.21. The molecule has 1 spiro atoms. The second-order valence-corrected chi connectivity index (χ2v) is 9.87. The van der Waals surface area contributed by atoms with Crippen molar-refractivity contribution in [2.75, 3.05) is 50.9 Å². The van der Waals surface area contributed by atoms with Crippen molar-refractivity contribution in [2.24, 2.45) is 16.3 Å². The summed E-state index contributed by atoms with van der Waals surface area (Å²) in [5, 5.41) is 3.40. The van der Waals surface area contributed by atoms with Gasteiger partial charge in [0.2, 0.25) is 0 Å². The van der Waals surface area contributed by atoms with Crippen molar-refractivity contribution in [3.8, 4) is 0 Å². The highest BCUT2D eigenvalue weighted by molar-refractivity contribution is 14.0. The van der Waals surface area contributed by atoms with Crippen LogP contribution in [-0.4, -0.2) is 70.2 Å². The van der Waals surface area contributed by atoms with Crippen LogP contribution in [-0.2, 0) is 14.6 Å². The number of hydrogen-bond donors (Lipinski definition) is 1. The molecule has 146 valence electrons. The van der Waals surface area contributed by atoms with Crippen LogP contribution in [0.2, 0.25) is 0 Å². The lowest BCUT2D eigenvalue weighted by molar-refractivity contribution is -0.0370. The monoisotopic (exact) mass is 485 g/mol. The minimum absolute atomic E-state index is 0. The number of likely N-dealkylation sites (tertiary alicyclic amines) is 1. The van der Waals surface area contributed by atoms with Crippen LogP contribution in [0.4, 0.5) is 0 Å². The number of aliphatic imine (C=N–C) groups is 1. The van der Waals surface area contributed by atoms with E-state index in [0.29, 0.717) is 18.1 Å². The first-order valence-corrected chi connectivity index (χ1v) is 11.2. The van der Waals surface area contributed by atoms with Crippen LogP contribution >= 0.6 is 24.0 Å². The Hall–Kier alpha value is -0.0900. The largest absolute Gasteiger partial charge is 0.381 e. The van der Waals surface area contributed by atoms with Crippen molar-refractivity contribution in [1.29, 1.82) is 0 Å². The van der Waals surface area contributed by atoms with Crippen LogP contribution in [0.1, 0.15) is 39.0 Å². The number of rotatable bonds is 3. The van der Waals surface area contributed by atoms with Crippen molar-refractivity contribution in [3.63, 3.8) is 0 Å². The number of ether oxygens (including phenoxy) is 1. The summed E-state index contributed by atoms with van der Waals surface area (Å²) in [6.45, 7) is 7.32. The summed E-state index contributed by atoms with van der Waals surface area (Å²) in [6.07, 6.45) is 5.56. The maximum atomic E-state index is 11.6. The average Bonchev–Trinajstić information content (AvgIpc) is 2.91. The third kappa shape index (κ3) is 5.69. The minimum atomic E-state index is -2.82. The number of sulfone groups is 1. The van der Waals surface area contributed by atoms with Crippen molar-refractivity contribution in [2.45, 2.75) is 39.0 Å². The van der Waals surface area contributed by atoms with Crippen molar-refractivity contribution >= 4 is 39.8 Å². The lowest BCUT2D eigenvalue weighted by Gasteiger charge is -2.45. The molecule has 6 nitrogen and oxygen atoms in total. The fourth-order valence-electron chi connectivity index (χ4n) is 4.28. The van der Waals surface area contributed by atoms with Gasteiger partial charge in [-0.25, -0.2) is 8.42 Å². The lowest BCUT2D eigenvalue weighted by Crippen LogP contribution is -2.53. The van der Waals surface area contributed by atoms with Gasteiger partial charge in [0.05, 0.1) is 18.1 Å². The Kier molecular flexibility index (Phi) is 7.82. The summed E-state index contributed by atoms with van der Waals surface area (Å²) in [4.78, 5) is 7.16. The van der Waals surface area contributed by atoms with E-state index in [1.54, 1.807) is 0 Å². The Morgan fingerprint density at radius 2 is 2.16 bits per heavy atom. The molecule has 0 saturated carbocycles. The fourth-order valence-corrected chi connectivity index (χ4v) is 6.13. The van der Waals surface area contributed by atoms with Gasteiger partial charge in [0.1, 0.15) is 0 Å². The van der Waals surface area contributed by atoms with Gasteiger partial charge in [-0.05, 0) is 44.9 Å². The van der Waals surface area contributed by atoms with Gasteiger partial charge in [-0.3, -0.25) is 4.99 Å². The van der Waals surface area contributed by atoms with Gasteiger partial charge in [-0.2, -0.15) is 0 Å². The SMILES string of the molecule is CCNC(=NCC1CCS(=O)(=O)C1)N1CCCC2(CCCOC2)C1.I. The van der Waals surface area contributed by atoms with E-state index in [0.717, 1.165) is 51.6 Å². The molecule has 3 heterocycles. The van der Waals surface area contributed by atoms with Crippen molar-refractivity contribution in [1.82, 2.24) is 10.2 Å². The van der Waals surface area contributed by atoms with Crippen molar-refractivity contribution < 1.29 is 13.2 Å². The van der Waals surface area contributed by atoms with Gasteiger partial charge in [0, 0.05) is 38.2 Å². The molecule has 0 aromatic rings. The maximum absolute atomic E-state index is 11.6. The van der Waals surface area contributed by atoms with Gasteiger partial charge in [-0.1, -0.05) is 0 Å². The molecule has 2 atom stereocenters. The van der Waals surface area contributed by atoms with Crippen LogP contribution < -0.4 is 5.32 Å². The molecular weight excluding hydrogens is 453 g/mol. The first-order chi connectivity index (χ1) is 11.5. The molecule has 3 rings (SSSR count). The zero-order valence-electron chi connectivity index (χ0n) is 15.2. The molecule has 8 heteroatoms. The third-order valence-corrected chi connectivity index (χ3v) is 7.36. The number of halogens is 1. The molecule has 25 heavy (non-hydrogen) atoms. The summed E-state index contributed by atoms with van der Waals surface area (Å²) < 4.78 is 29.0. The minimum Gasteiger partial charge on any atom is -0.381 e. The quantitative estimate of drug-likeness (QED) is 0.376. The van der Waals surface area contributed by atoms with Gasteiger partial charge >= 0.3 is 0 Å². The van der Waals surface area contributed by atoms with Gasteiger partial charge in [0.15, 0.2) is 15.8 Å². The zero-order chi connectivity index (χ0) is 17.0. The molecule has 3 fully saturated rings. The summed E-state index contributed by atoms with van der Waals surface area (Å²) in [7, 11) is -2.82. The molecule has 0 radical (unpaired) electrons. The number of nitrogens with zero attached hydrogens (tertiary/aromatic N) is 2. The number of guanidine groups is 1. The highest BCUT2D eigenvalue weighted by Gasteiger charge is 2.38. The summed E-state index contributed by atoms with van der Waals surface area (Å²) in [5.41, 5.74) is 0.281. The topological polar surface area (TPSA) is 71.0 Å². The Balaban J connectivity index is 0.00000225. The van der Waals surface area contributed by atoms with Gasteiger partial charge in [0.25, 0.3) is 0 Å². The Labute approximate surface area is 169 Å². The molecule has 0 bridgehead atoms. The van der Waals surface area contributed by atoms with E-state index in [9.17, 15) is 8.42 Å². The lowest BCUT2D eigenvalue weighted by atomic mass is 9.76. The standard InChI is InChI=1S/C17H31N3O3S.HI/c1-2-18-16(19-11-15-5-10-24(21,22)12-15)20-8-3-6-17(13-20)7-4-9-23-14-17;/h15H,2-14H2,1H3,(H,18,19);1H. The molecule has 1 N–H and O–H groups in total.